The van der Waals surface area contributed by atoms with Crippen LogP contribution in [0.4, 0.5) is 0 Å². The zero-order valence-corrected chi connectivity index (χ0v) is 11.7. The van der Waals surface area contributed by atoms with Gasteiger partial charge in [0.25, 0.3) is 0 Å². The maximum Gasteiger partial charge on any atom is 0.249 e. The molecule has 1 amide bonds. The molecule has 3 rings (SSSR count). The fourth-order valence-electron chi connectivity index (χ4n) is 2.81. The van der Waals surface area contributed by atoms with Gasteiger partial charge in [-0.25, -0.2) is 0 Å². The lowest BCUT2D eigenvalue weighted by molar-refractivity contribution is -0.130. The van der Waals surface area contributed by atoms with Crippen molar-refractivity contribution in [2.75, 3.05) is 6.61 Å². The minimum absolute atomic E-state index is 0.0466. The first-order valence-electron chi connectivity index (χ1n) is 6.45. The van der Waals surface area contributed by atoms with Crippen molar-refractivity contribution in [3.63, 3.8) is 0 Å². The number of benzene rings is 1. The number of fused-ring (bicyclic) bond motifs is 1. The average molecular weight is 310 g/mol. The van der Waals surface area contributed by atoms with Gasteiger partial charge in [0.15, 0.2) is 0 Å². The van der Waals surface area contributed by atoms with Crippen LogP contribution in [0.1, 0.15) is 36.4 Å². The highest BCUT2D eigenvalue weighted by atomic mass is 79.9. The van der Waals surface area contributed by atoms with Crippen LogP contribution in [0.25, 0.3) is 0 Å². The molecule has 1 aromatic rings. The second-order valence-electron chi connectivity index (χ2n) is 4.91. The summed E-state index contributed by atoms with van der Waals surface area (Å²) in [5.74, 6) is 0.0466. The van der Waals surface area contributed by atoms with Crippen LogP contribution in [-0.2, 0) is 16.0 Å². The van der Waals surface area contributed by atoms with E-state index in [1.807, 2.05) is 6.07 Å². The highest BCUT2D eigenvalue weighted by Crippen LogP contribution is 2.35. The summed E-state index contributed by atoms with van der Waals surface area (Å²) in [6.07, 6.45) is 3.61. The van der Waals surface area contributed by atoms with Crippen molar-refractivity contribution in [3.05, 3.63) is 33.8 Å². The van der Waals surface area contributed by atoms with Gasteiger partial charge in [-0.15, -0.1) is 0 Å². The molecule has 1 aliphatic carbocycles. The molecule has 1 saturated heterocycles. The molecular weight excluding hydrogens is 294 g/mol. The summed E-state index contributed by atoms with van der Waals surface area (Å²) in [6, 6.07) is 6.34. The summed E-state index contributed by atoms with van der Waals surface area (Å²) in [4.78, 5) is 12.0. The van der Waals surface area contributed by atoms with Gasteiger partial charge in [-0.05, 0) is 42.9 Å². The zero-order chi connectivity index (χ0) is 12.5. The lowest BCUT2D eigenvalue weighted by Gasteiger charge is -2.17. The molecule has 1 aliphatic heterocycles. The third kappa shape index (κ3) is 2.19. The Morgan fingerprint density at radius 1 is 1.39 bits per heavy atom. The van der Waals surface area contributed by atoms with E-state index in [9.17, 15) is 4.79 Å². The van der Waals surface area contributed by atoms with Gasteiger partial charge >= 0.3 is 0 Å². The largest absolute Gasteiger partial charge is 0.368 e. The van der Waals surface area contributed by atoms with Crippen LogP contribution in [0.2, 0.25) is 0 Å². The molecule has 0 radical (unpaired) electrons. The summed E-state index contributed by atoms with van der Waals surface area (Å²) in [5.41, 5.74) is 2.57. The standard InChI is InChI=1S/C14H16BrNO2/c15-11-4-1-3-10-9(11)6-7-12(10)16-14(17)13-5-2-8-18-13/h1,3-4,12-13H,2,5-8H2,(H,16,17)/t12-,13+/m1/s1. The van der Waals surface area contributed by atoms with Crippen LogP contribution in [0.15, 0.2) is 22.7 Å². The maximum atomic E-state index is 12.0. The van der Waals surface area contributed by atoms with E-state index in [1.54, 1.807) is 0 Å². The molecule has 0 aromatic heterocycles. The van der Waals surface area contributed by atoms with Gasteiger partial charge in [0.1, 0.15) is 6.10 Å². The number of hydrogen-bond donors (Lipinski definition) is 1. The Hall–Kier alpha value is -0.870. The average Bonchev–Trinajstić information content (AvgIpc) is 2.99. The summed E-state index contributed by atoms with van der Waals surface area (Å²) < 4.78 is 6.56. The maximum absolute atomic E-state index is 12.0. The van der Waals surface area contributed by atoms with Crippen molar-refractivity contribution in [1.82, 2.24) is 5.32 Å². The zero-order valence-electron chi connectivity index (χ0n) is 10.1. The Kier molecular flexibility index (Phi) is 3.39. The molecular formula is C14H16BrNO2. The smallest absolute Gasteiger partial charge is 0.249 e. The monoisotopic (exact) mass is 309 g/mol. The number of hydrogen-bond acceptors (Lipinski definition) is 2. The van der Waals surface area contributed by atoms with E-state index in [-0.39, 0.29) is 18.1 Å². The van der Waals surface area contributed by atoms with Crippen LogP contribution in [0.5, 0.6) is 0 Å². The number of ether oxygens (including phenoxy) is 1. The Morgan fingerprint density at radius 2 is 2.28 bits per heavy atom. The number of carbonyl (C=O) groups is 1. The van der Waals surface area contributed by atoms with E-state index >= 15 is 0 Å². The molecule has 1 aromatic carbocycles. The minimum Gasteiger partial charge on any atom is -0.368 e. The predicted octanol–water partition coefficient (Wildman–Crippen LogP) is 2.73. The highest BCUT2D eigenvalue weighted by molar-refractivity contribution is 9.10. The van der Waals surface area contributed by atoms with E-state index in [2.05, 4.69) is 33.4 Å². The van der Waals surface area contributed by atoms with Gasteiger partial charge in [-0.2, -0.15) is 0 Å². The Bertz CT molecular complexity index is 469. The van der Waals surface area contributed by atoms with Crippen LogP contribution in [-0.4, -0.2) is 18.6 Å². The van der Waals surface area contributed by atoms with Gasteiger partial charge < -0.3 is 10.1 Å². The number of nitrogens with one attached hydrogen (secondary N) is 1. The van der Waals surface area contributed by atoms with Crippen LogP contribution in [0, 0.1) is 0 Å². The van der Waals surface area contributed by atoms with Crippen molar-refractivity contribution >= 4 is 21.8 Å². The number of amides is 1. The van der Waals surface area contributed by atoms with Gasteiger partial charge in [0.2, 0.25) is 5.91 Å². The molecule has 0 unspecified atom stereocenters. The molecule has 96 valence electrons. The summed E-state index contributed by atoms with van der Waals surface area (Å²) >= 11 is 3.57. The van der Waals surface area contributed by atoms with E-state index < -0.39 is 0 Å². The van der Waals surface area contributed by atoms with Gasteiger partial charge in [0, 0.05) is 11.1 Å². The van der Waals surface area contributed by atoms with E-state index in [0.29, 0.717) is 6.61 Å². The van der Waals surface area contributed by atoms with Gasteiger partial charge in [-0.1, -0.05) is 28.1 Å². The van der Waals surface area contributed by atoms with E-state index in [0.717, 1.165) is 30.2 Å². The summed E-state index contributed by atoms with van der Waals surface area (Å²) in [6.45, 7) is 0.713. The quantitative estimate of drug-likeness (QED) is 0.912. The third-order valence-corrected chi connectivity index (χ3v) is 4.50. The van der Waals surface area contributed by atoms with Crippen molar-refractivity contribution in [3.8, 4) is 0 Å². The Labute approximate surface area is 115 Å². The molecule has 2 atom stereocenters. The fourth-order valence-corrected chi connectivity index (χ4v) is 3.39. The van der Waals surface area contributed by atoms with Crippen LogP contribution >= 0.6 is 15.9 Å². The molecule has 0 spiro atoms. The first kappa shape index (κ1) is 12.2. The SMILES string of the molecule is O=C(N[C@@H]1CCc2c(Br)cccc21)[C@@H]1CCCO1. The molecule has 1 fully saturated rings. The summed E-state index contributed by atoms with van der Waals surface area (Å²) in [5, 5.41) is 3.12. The topological polar surface area (TPSA) is 38.3 Å². The summed E-state index contributed by atoms with van der Waals surface area (Å²) in [7, 11) is 0. The van der Waals surface area contributed by atoms with Gasteiger partial charge in [-0.3, -0.25) is 4.79 Å². The lowest BCUT2D eigenvalue weighted by Crippen LogP contribution is -2.36. The second kappa shape index (κ2) is 5.02. The van der Waals surface area contributed by atoms with Crippen molar-refractivity contribution < 1.29 is 9.53 Å². The molecule has 3 nitrogen and oxygen atoms in total. The fraction of sp³-hybridized carbons (Fsp3) is 0.500. The molecule has 4 heteroatoms. The third-order valence-electron chi connectivity index (χ3n) is 3.75. The molecule has 1 N–H and O–H groups in total. The Balaban J connectivity index is 1.72. The Morgan fingerprint density at radius 3 is 3.06 bits per heavy atom. The molecule has 0 bridgehead atoms. The molecule has 1 heterocycles. The highest BCUT2D eigenvalue weighted by Gasteiger charge is 2.29. The van der Waals surface area contributed by atoms with Crippen molar-refractivity contribution in [2.45, 2.75) is 37.8 Å². The predicted molar refractivity (Wildman–Crippen MR) is 72.3 cm³/mol. The van der Waals surface area contributed by atoms with Gasteiger partial charge in [0.05, 0.1) is 6.04 Å². The molecule has 2 aliphatic rings. The van der Waals surface area contributed by atoms with Crippen LogP contribution < -0.4 is 5.32 Å². The molecule has 18 heavy (non-hydrogen) atoms. The normalized spacial score (nSPS) is 26.1. The second-order valence-corrected chi connectivity index (χ2v) is 5.76. The first-order chi connectivity index (χ1) is 8.75. The van der Waals surface area contributed by atoms with Crippen molar-refractivity contribution in [2.24, 2.45) is 0 Å². The molecule has 0 saturated carbocycles. The van der Waals surface area contributed by atoms with Crippen molar-refractivity contribution in [1.29, 1.82) is 0 Å². The van der Waals surface area contributed by atoms with E-state index in [1.165, 1.54) is 11.1 Å². The number of carbonyl (C=O) groups excluding carboxylic acids is 1. The minimum atomic E-state index is -0.235. The van der Waals surface area contributed by atoms with E-state index in [4.69, 9.17) is 4.74 Å². The number of halogens is 1. The lowest BCUT2D eigenvalue weighted by atomic mass is 10.1. The number of rotatable bonds is 2. The first-order valence-corrected chi connectivity index (χ1v) is 7.24. The van der Waals surface area contributed by atoms with Crippen LogP contribution in [0.3, 0.4) is 0 Å².